The molecule has 100 valence electrons. The molecule has 0 aliphatic heterocycles. The van der Waals surface area contributed by atoms with E-state index in [0.29, 0.717) is 6.54 Å². The van der Waals surface area contributed by atoms with Crippen molar-refractivity contribution in [1.82, 2.24) is 5.48 Å². The van der Waals surface area contributed by atoms with Gasteiger partial charge in [-0.05, 0) is 26.3 Å². The average Bonchev–Trinajstić information content (AvgIpc) is 2.33. The molecule has 1 unspecified atom stereocenters. The van der Waals surface area contributed by atoms with Crippen LogP contribution in [0.5, 0.6) is 0 Å². The van der Waals surface area contributed by atoms with Gasteiger partial charge in [0.05, 0.1) is 18.6 Å². The lowest BCUT2D eigenvalue weighted by molar-refractivity contribution is -0.144. The monoisotopic (exact) mass is 251 g/mol. The van der Waals surface area contributed by atoms with Gasteiger partial charge in [0.1, 0.15) is 0 Å². The lowest BCUT2D eigenvalue weighted by atomic mass is 10.00. The first-order valence-electron chi connectivity index (χ1n) is 5.97. The molecule has 0 aliphatic carbocycles. The minimum absolute atomic E-state index is 0.272. The van der Waals surface area contributed by atoms with Gasteiger partial charge in [0, 0.05) is 6.54 Å². The highest BCUT2D eigenvalue weighted by atomic mass is 16.7. The molecule has 1 rings (SSSR count). The number of hydrogen-bond donors (Lipinski definition) is 1. The zero-order valence-electron chi connectivity index (χ0n) is 11.4. The van der Waals surface area contributed by atoms with E-state index in [1.54, 1.807) is 0 Å². The molecule has 1 aromatic carbocycles. The Morgan fingerprint density at radius 2 is 1.89 bits per heavy atom. The van der Waals surface area contributed by atoms with Crippen LogP contribution in [0.25, 0.3) is 0 Å². The van der Waals surface area contributed by atoms with Crippen LogP contribution < -0.4 is 5.48 Å². The molecule has 4 nitrogen and oxygen atoms in total. The van der Waals surface area contributed by atoms with E-state index in [1.165, 1.54) is 7.11 Å². The molecular weight excluding hydrogens is 230 g/mol. The first kappa shape index (κ1) is 14.7. The van der Waals surface area contributed by atoms with Crippen molar-refractivity contribution in [2.45, 2.75) is 32.3 Å². The third-order valence-corrected chi connectivity index (χ3v) is 2.35. The highest BCUT2D eigenvalue weighted by Crippen LogP contribution is 2.16. The van der Waals surface area contributed by atoms with Gasteiger partial charge in [0.25, 0.3) is 0 Å². The molecule has 18 heavy (non-hydrogen) atoms. The van der Waals surface area contributed by atoms with Crippen LogP contribution in [0.2, 0.25) is 0 Å². The first-order valence-corrected chi connectivity index (χ1v) is 5.97. The largest absolute Gasteiger partial charge is 0.469 e. The quantitative estimate of drug-likeness (QED) is 0.644. The number of hydroxylamine groups is 1. The van der Waals surface area contributed by atoms with E-state index < -0.39 is 0 Å². The SMILES string of the molecule is COC(=O)C(CNOC(C)(C)C)c1ccccc1. The standard InChI is InChI=1S/C14H21NO3/c1-14(2,3)18-15-10-12(13(16)17-4)11-8-6-5-7-9-11/h5-9,12,15H,10H2,1-4H3. The van der Waals surface area contributed by atoms with Gasteiger partial charge in [0.15, 0.2) is 0 Å². The van der Waals surface area contributed by atoms with Gasteiger partial charge in [-0.2, -0.15) is 0 Å². The van der Waals surface area contributed by atoms with Crippen LogP contribution in [0, 0.1) is 0 Å². The van der Waals surface area contributed by atoms with E-state index in [9.17, 15) is 4.79 Å². The van der Waals surface area contributed by atoms with Crippen LogP contribution in [0.1, 0.15) is 32.3 Å². The van der Waals surface area contributed by atoms with E-state index in [1.807, 2.05) is 51.1 Å². The summed E-state index contributed by atoms with van der Waals surface area (Å²) in [5, 5.41) is 0. The maximum absolute atomic E-state index is 11.8. The molecule has 1 atom stereocenters. The van der Waals surface area contributed by atoms with E-state index in [4.69, 9.17) is 9.57 Å². The van der Waals surface area contributed by atoms with E-state index >= 15 is 0 Å². The predicted octanol–water partition coefficient (Wildman–Crippen LogP) is 2.26. The number of benzene rings is 1. The Balaban J connectivity index is 2.66. The van der Waals surface area contributed by atoms with Gasteiger partial charge < -0.3 is 4.74 Å². The van der Waals surface area contributed by atoms with Crippen LogP contribution in [-0.2, 0) is 14.4 Å². The molecule has 0 saturated heterocycles. The van der Waals surface area contributed by atoms with Gasteiger partial charge >= 0.3 is 5.97 Å². The lowest BCUT2D eigenvalue weighted by Gasteiger charge is -2.22. The smallest absolute Gasteiger partial charge is 0.314 e. The fraction of sp³-hybridized carbons (Fsp3) is 0.500. The molecule has 0 bridgehead atoms. The molecular formula is C14H21NO3. The van der Waals surface area contributed by atoms with Crippen LogP contribution in [0.3, 0.4) is 0 Å². The van der Waals surface area contributed by atoms with E-state index in [-0.39, 0.29) is 17.5 Å². The number of methoxy groups -OCH3 is 1. The average molecular weight is 251 g/mol. The second-order valence-electron chi connectivity index (χ2n) is 5.05. The van der Waals surface area contributed by atoms with Crippen molar-refractivity contribution in [2.24, 2.45) is 0 Å². The molecule has 1 N–H and O–H groups in total. The summed E-state index contributed by atoms with van der Waals surface area (Å²) in [6.07, 6.45) is 0. The molecule has 0 aromatic heterocycles. The minimum Gasteiger partial charge on any atom is -0.469 e. The van der Waals surface area contributed by atoms with Crippen LogP contribution in [0.4, 0.5) is 0 Å². The Hall–Kier alpha value is -1.39. The number of carbonyl (C=O) groups excluding carboxylic acids is 1. The zero-order chi connectivity index (χ0) is 13.6. The molecule has 1 aromatic rings. The van der Waals surface area contributed by atoms with Gasteiger partial charge in [-0.15, -0.1) is 0 Å². The molecule has 0 saturated carbocycles. The topological polar surface area (TPSA) is 47.6 Å². The fourth-order valence-corrected chi connectivity index (χ4v) is 1.51. The Morgan fingerprint density at radius 3 is 2.39 bits per heavy atom. The molecule has 0 aliphatic rings. The van der Waals surface area contributed by atoms with Gasteiger partial charge in [0.2, 0.25) is 0 Å². The number of carbonyl (C=O) groups is 1. The number of nitrogens with one attached hydrogen (secondary N) is 1. The molecule has 0 spiro atoms. The summed E-state index contributed by atoms with van der Waals surface area (Å²) >= 11 is 0. The van der Waals surface area contributed by atoms with Crippen molar-refractivity contribution in [3.8, 4) is 0 Å². The molecule has 0 fully saturated rings. The normalized spacial score (nSPS) is 13.1. The summed E-state index contributed by atoms with van der Waals surface area (Å²) in [4.78, 5) is 17.2. The minimum atomic E-state index is -0.362. The first-order chi connectivity index (χ1) is 8.44. The molecule has 0 radical (unpaired) electrons. The fourth-order valence-electron chi connectivity index (χ4n) is 1.51. The number of hydrogen-bond acceptors (Lipinski definition) is 4. The van der Waals surface area contributed by atoms with Crippen molar-refractivity contribution in [3.63, 3.8) is 0 Å². The van der Waals surface area contributed by atoms with Crippen molar-refractivity contribution in [3.05, 3.63) is 35.9 Å². The lowest BCUT2D eigenvalue weighted by Crippen LogP contribution is -2.34. The van der Waals surface area contributed by atoms with Crippen molar-refractivity contribution < 1.29 is 14.4 Å². The summed E-state index contributed by atoms with van der Waals surface area (Å²) in [7, 11) is 1.39. The summed E-state index contributed by atoms with van der Waals surface area (Å²) in [5.74, 6) is -0.634. The van der Waals surface area contributed by atoms with Gasteiger partial charge in [-0.25, -0.2) is 5.48 Å². The Bertz CT molecular complexity index is 370. The Morgan fingerprint density at radius 1 is 1.28 bits per heavy atom. The maximum atomic E-state index is 11.8. The third kappa shape index (κ3) is 4.85. The van der Waals surface area contributed by atoms with Crippen molar-refractivity contribution in [2.75, 3.05) is 13.7 Å². The van der Waals surface area contributed by atoms with E-state index in [2.05, 4.69) is 5.48 Å². The number of rotatable bonds is 5. The molecule has 0 amide bonds. The zero-order valence-corrected chi connectivity index (χ0v) is 11.4. The summed E-state index contributed by atoms with van der Waals surface area (Å²) in [6, 6.07) is 9.52. The van der Waals surface area contributed by atoms with Crippen molar-refractivity contribution in [1.29, 1.82) is 0 Å². The van der Waals surface area contributed by atoms with Crippen LogP contribution in [0.15, 0.2) is 30.3 Å². The second-order valence-corrected chi connectivity index (χ2v) is 5.05. The number of ether oxygens (including phenoxy) is 1. The van der Waals surface area contributed by atoms with Gasteiger partial charge in [-0.1, -0.05) is 30.3 Å². The highest BCUT2D eigenvalue weighted by Gasteiger charge is 2.22. The molecule has 4 heteroatoms. The molecule has 0 heterocycles. The van der Waals surface area contributed by atoms with Crippen molar-refractivity contribution >= 4 is 5.97 Å². The Kier molecular flexibility index (Phi) is 5.31. The van der Waals surface area contributed by atoms with Gasteiger partial charge in [-0.3, -0.25) is 9.63 Å². The van der Waals surface area contributed by atoms with Crippen LogP contribution >= 0.6 is 0 Å². The second kappa shape index (κ2) is 6.52. The third-order valence-electron chi connectivity index (χ3n) is 2.35. The van der Waals surface area contributed by atoms with E-state index in [0.717, 1.165) is 5.56 Å². The predicted molar refractivity (Wildman–Crippen MR) is 70.0 cm³/mol. The maximum Gasteiger partial charge on any atom is 0.314 e. The summed E-state index contributed by atoms with van der Waals surface area (Å²) in [6.45, 7) is 6.20. The number of esters is 1. The Labute approximate surface area is 108 Å². The van der Waals surface area contributed by atoms with Crippen LogP contribution in [-0.4, -0.2) is 25.2 Å². The summed E-state index contributed by atoms with van der Waals surface area (Å²) in [5.41, 5.74) is 3.46. The highest BCUT2D eigenvalue weighted by molar-refractivity contribution is 5.78. The summed E-state index contributed by atoms with van der Waals surface area (Å²) < 4.78 is 4.81.